The Morgan fingerprint density at radius 2 is 1.60 bits per heavy atom. The van der Waals surface area contributed by atoms with Crippen molar-refractivity contribution in [1.29, 1.82) is 0 Å². The number of carboxylic acid groups (broad SMARTS) is 1. The third kappa shape index (κ3) is 16.4. The second-order valence-corrected chi connectivity index (χ2v) is 12.4. The quantitative estimate of drug-likeness (QED) is 0.0667. The Bertz CT molecular complexity index is 1200. The number of ether oxygens (including phenoxy) is 2. The number of carbonyl (C=O) groups excluding carboxylic acids is 3. The van der Waals surface area contributed by atoms with Crippen molar-refractivity contribution in [1.82, 2.24) is 10.2 Å². The van der Waals surface area contributed by atoms with Gasteiger partial charge in [0.15, 0.2) is 5.60 Å². The number of allylic oxidation sites excluding steroid dienone is 1. The highest BCUT2D eigenvalue weighted by molar-refractivity contribution is 5.93. The number of hydrogen-bond donors (Lipinski definition) is 3. The standard InChI is InChI=1S/C38H58N2O8/c1-6-8-10-13-16-19-31(41)20-17-14-11-12-15-18-21-33(38(46,37(44)45)26-28-47-5)35(42)39-34(36(43)40(3)4)29-30-22-24-32(25-23-30)48-27-9-7-2/h18,21-25,33-34,46H,6,8,10-17,19-20,26-29H2,1-5H3,(H,39,42)(H,44,45)/t33-,34+,38+/m1/s1. The summed E-state index contributed by atoms with van der Waals surface area (Å²) in [7, 11) is 4.52. The summed E-state index contributed by atoms with van der Waals surface area (Å²) in [5.41, 5.74) is -1.71. The van der Waals surface area contributed by atoms with Crippen molar-refractivity contribution in [3.8, 4) is 17.6 Å². The molecule has 3 atom stereocenters. The van der Waals surface area contributed by atoms with Gasteiger partial charge < -0.3 is 29.9 Å². The van der Waals surface area contributed by atoms with Gasteiger partial charge in [-0.25, -0.2) is 4.79 Å². The molecule has 0 saturated heterocycles. The third-order valence-corrected chi connectivity index (χ3v) is 8.23. The Hall–Kier alpha value is -3.68. The van der Waals surface area contributed by atoms with E-state index in [9.17, 15) is 29.4 Å². The summed E-state index contributed by atoms with van der Waals surface area (Å²) < 4.78 is 10.6. The Balaban J connectivity index is 2.93. The minimum atomic E-state index is -2.46. The summed E-state index contributed by atoms with van der Waals surface area (Å²) >= 11 is 0. The topological polar surface area (TPSA) is 142 Å². The number of Topliss-reactive ketones (excluding diaryl/α,β-unsaturated/α-hetero) is 1. The monoisotopic (exact) mass is 670 g/mol. The smallest absolute Gasteiger partial charge is 0.336 e. The minimum Gasteiger partial charge on any atom is -0.481 e. The molecule has 48 heavy (non-hydrogen) atoms. The average Bonchev–Trinajstić information content (AvgIpc) is 3.06. The number of nitrogens with one attached hydrogen (secondary N) is 1. The van der Waals surface area contributed by atoms with Crippen molar-refractivity contribution in [2.24, 2.45) is 5.92 Å². The molecule has 10 nitrogen and oxygen atoms in total. The first-order valence-corrected chi connectivity index (χ1v) is 17.3. The van der Waals surface area contributed by atoms with Crippen LogP contribution in [0.25, 0.3) is 0 Å². The van der Waals surface area contributed by atoms with Crippen LogP contribution in [0.4, 0.5) is 0 Å². The molecular formula is C38H58N2O8. The number of aliphatic hydroxyl groups is 1. The molecule has 0 radical (unpaired) electrons. The average molecular weight is 671 g/mol. The van der Waals surface area contributed by atoms with E-state index in [0.29, 0.717) is 30.8 Å². The number of likely N-dealkylation sites (N-methyl/N-ethyl adjacent to an activating group) is 1. The molecule has 0 bridgehead atoms. The van der Waals surface area contributed by atoms with Crippen LogP contribution in [0.5, 0.6) is 5.75 Å². The van der Waals surface area contributed by atoms with Crippen LogP contribution >= 0.6 is 0 Å². The van der Waals surface area contributed by atoms with Gasteiger partial charge in [0.2, 0.25) is 11.8 Å². The third-order valence-electron chi connectivity index (χ3n) is 8.23. The molecule has 1 rings (SSSR count). The van der Waals surface area contributed by atoms with Crippen molar-refractivity contribution in [2.75, 3.05) is 34.4 Å². The van der Waals surface area contributed by atoms with E-state index in [1.807, 2.05) is 0 Å². The number of carbonyl (C=O) groups is 4. The van der Waals surface area contributed by atoms with Crippen molar-refractivity contribution in [2.45, 2.75) is 115 Å². The van der Waals surface area contributed by atoms with Crippen LogP contribution in [0, 0.1) is 17.8 Å². The highest BCUT2D eigenvalue weighted by atomic mass is 16.5. The number of methoxy groups -OCH3 is 1. The lowest BCUT2D eigenvalue weighted by Gasteiger charge is -2.31. The Kier molecular flexibility index (Phi) is 21.6. The van der Waals surface area contributed by atoms with Gasteiger partial charge in [-0.15, -0.1) is 5.92 Å². The summed E-state index contributed by atoms with van der Waals surface area (Å²) in [5, 5.41) is 24.1. The van der Waals surface area contributed by atoms with E-state index in [1.165, 1.54) is 37.3 Å². The van der Waals surface area contributed by atoms with Gasteiger partial charge in [0.05, 0.1) is 5.92 Å². The van der Waals surface area contributed by atoms with Gasteiger partial charge in [-0.05, 0) is 50.3 Å². The van der Waals surface area contributed by atoms with Crippen LogP contribution in [0.15, 0.2) is 36.4 Å². The fraction of sp³-hybridized carbons (Fsp3) is 0.632. The van der Waals surface area contributed by atoms with Crippen LogP contribution in [0.1, 0.15) is 103 Å². The number of rotatable bonds is 26. The van der Waals surface area contributed by atoms with Gasteiger partial charge in [0.1, 0.15) is 24.2 Å². The highest BCUT2D eigenvalue weighted by Crippen LogP contribution is 2.26. The molecular weight excluding hydrogens is 612 g/mol. The molecule has 0 saturated carbocycles. The molecule has 0 fully saturated rings. The molecule has 2 amide bonds. The van der Waals surface area contributed by atoms with E-state index in [0.717, 1.165) is 44.1 Å². The fourth-order valence-corrected chi connectivity index (χ4v) is 5.26. The first-order valence-electron chi connectivity index (χ1n) is 17.3. The number of benzene rings is 1. The molecule has 0 aromatic heterocycles. The van der Waals surface area contributed by atoms with Gasteiger partial charge in [0, 0.05) is 53.5 Å². The van der Waals surface area contributed by atoms with Crippen LogP contribution in [0.3, 0.4) is 0 Å². The summed E-state index contributed by atoms with van der Waals surface area (Å²) in [6.07, 6.45) is 13.8. The summed E-state index contributed by atoms with van der Waals surface area (Å²) in [4.78, 5) is 52.7. The number of carboxylic acids is 1. The number of nitrogens with zero attached hydrogens (tertiary/aromatic N) is 1. The zero-order chi connectivity index (χ0) is 35.8. The molecule has 3 N–H and O–H groups in total. The molecule has 0 unspecified atom stereocenters. The molecule has 0 aliphatic heterocycles. The van der Waals surface area contributed by atoms with Crippen molar-refractivity contribution in [3.63, 3.8) is 0 Å². The largest absolute Gasteiger partial charge is 0.481 e. The zero-order valence-corrected chi connectivity index (χ0v) is 29.7. The molecule has 1 aromatic rings. The predicted octanol–water partition coefficient (Wildman–Crippen LogP) is 5.50. The fourth-order valence-electron chi connectivity index (χ4n) is 5.26. The maximum absolute atomic E-state index is 13.7. The second kappa shape index (κ2) is 24.5. The maximum Gasteiger partial charge on any atom is 0.336 e. The van der Waals surface area contributed by atoms with Gasteiger partial charge >= 0.3 is 5.97 Å². The zero-order valence-electron chi connectivity index (χ0n) is 29.7. The van der Waals surface area contributed by atoms with Crippen LogP contribution < -0.4 is 10.1 Å². The van der Waals surface area contributed by atoms with E-state index in [2.05, 4.69) is 24.1 Å². The molecule has 268 valence electrons. The van der Waals surface area contributed by atoms with Gasteiger partial charge in [-0.1, -0.05) is 75.7 Å². The van der Waals surface area contributed by atoms with Crippen LogP contribution in [-0.4, -0.2) is 84.7 Å². The van der Waals surface area contributed by atoms with E-state index in [1.54, 1.807) is 51.4 Å². The van der Waals surface area contributed by atoms with Crippen molar-refractivity contribution in [3.05, 3.63) is 42.0 Å². The van der Waals surface area contributed by atoms with E-state index < -0.39 is 29.4 Å². The van der Waals surface area contributed by atoms with Crippen molar-refractivity contribution < 1.29 is 38.9 Å². The number of aliphatic carboxylic acids is 1. The lowest BCUT2D eigenvalue weighted by Crippen LogP contribution is -2.56. The minimum absolute atomic E-state index is 0.0871. The lowest BCUT2D eigenvalue weighted by molar-refractivity contribution is -0.168. The first kappa shape index (κ1) is 42.3. The van der Waals surface area contributed by atoms with Gasteiger partial charge in [0.25, 0.3) is 0 Å². The number of unbranched alkanes of at least 4 members (excludes halogenated alkanes) is 8. The van der Waals surface area contributed by atoms with E-state index in [4.69, 9.17) is 9.47 Å². The normalized spacial score (nSPS) is 13.5. The predicted molar refractivity (Wildman–Crippen MR) is 188 cm³/mol. The van der Waals surface area contributed by atoms with E-state index in [-0.39, 0.29) is 32.0 Å². The Morgan fingerprint density at radius 3 is 2.17 bits per heavy atom. The summed E-state index contributed by atoms with van der Waals surface area (Å²) in [6.45, 7) is 4.06. The molecule has 10 heteroatoms. The summed E-state index contributed by atoms with van der Waals surface area (Å²) in [6, 6.07) is 6.05. The number of ketones is 1. The first-order chi connectivity index (χ1) is 23.0. The van der Waals surface area contributed by atoms with Crippen molar-refractivity contribution >= 4 is 23.6 Å². The van der Waals surface area contributed by atoms with E-state index >= 15 is 0 Å². The lowest BCUT2D eigenvalue weighted by atomic mass is 9.83. The number of amides is 2. The number of hydrogen-bond acceptors (Lipinski definition) is 7. The molecule has 0 aliphatic rings. The summed E-state index contributed by atoms with van der Waals surface area (Å²) in [5.74, 6) is 2.31. The molecule has 0 aliphatic carbocycles. The Morgan fingerprint density at radius 1 is 0.979 bits per heavy atom. The molecule has 0 spiro atoms. The maximum atomic E-state index is 13.7. The molecule has 0 heterocycles. The van der Waals surface area contributed by atoms with Crippen LogP contribution in [-0.2, 0) is 30.3 Å². The highest BCUT2D eigenvalue weighted by Gasteiger charge is 2.47. The SMILES string of the molecule is CC#CCOc1ccc(C[C@H](NC(=O)[C@@H](C=CCCCCCCC(=O)CCCCCCC)[C@@](O)(CCOC)C(=O)O)C(=O)N(C)C)cc1. The molecule has 1 aromatic carbocycles. The Labute approximate surface area is 287 Å². The van der Waals surface area contributed by atoms with Gasteiger partial charge in [-0.3, -0.25) is 14.4 Å². The van der Waals surface area contributed by atoms with Crippen LogP contribution in [0.2, 0.25) is 0 Å². The second-order valence-electron chi connectivity index (χ2n) is 12.4. The van der Waals surface area contributed by atoms with Gasteiger partial charge in [-0.2, -0.15) is 0 Å².